The Bertz CT molecular complexity index is 831. The molecule has 6 heteroatoms. The molecule has 0 aromatic heterocycles. The lowest BCUT2D eigenvalue weighted by Crippen LogP contribution is -2.47. The van der Waals surface area contributed by atoms with E-state index in [-0.39, 0.29) is 23.1 Å². The van der Waals surface area contributed by atoms with Crippen LogP contribution in [-0.4, -0.2) is 19.7 Å². The monoisotopic (exact) mass is 420 g/mol. The summed E-state index contributed by atoms with van der Waals surface area (Å²) in [6.07, 6.45) is -3.51. The van der Waals surface area contributed by atoms with Gasteiger partial charge in [-0.2, -0.15) is 13.2 Å². The molecule has 0 spiro atoms. The Morgan fingerprint density at radius 1 is 1.07 bits per heavy atom. The molecule has 1 saturated heterocycles. The number of piperidine rings is 1. The van der Waals surface area contributed by atoms with Crippen LogP contribution in [0.1, 0.15) is 68.1 Å². The van der Waals surface area contributed by atoms with Crippen molar-refractivity contribution in [1.29, 1.82) is 0 Å². The summed E-state index contributed by atoms with van der Waals surface area (Å²) >= 11 is 0. The van der Waals surface area contributed by atoms with Crippen LogP contribution >= 0.6 is 0 Å². The molecule has 0 amide bonds. The zero-order chi connectivity index (χ0) is 21.9. The van der Waals surface area contributed by atoms with Crippen molar-refractivity contribution in [3.63, 3.8) is 0 Å². The summed E-state index contributed by atoms with van der Waals surface area (Å²) in [5.74, 6) is 0. The van der Waals surface area contributed by atoms with E-state index in [2.05, 4.69) is 10.6 Å². The fraction of sp³-hybridized carbons (Fsp3) is 0.500. The Morgan fingerprint density at radius 2 is 1.77 bits per heavy atom. The maximum Gasteiger partial charge on any atom is 0.416 e. The number of benzene rings is 2. The number of methoxy groups -OCH3 is 1. The minimum Gasteiger partial charge on any atom is -0.362 e. The van der Waals surface area contributed by atoms with Crippen molar-refractivity contribution < 1.29 is 17.9 Å². The summed E-state index contributed by atoms with van der Waals surface area (Å²) in [6.45, 7) is 6.85. The molecule has 1 heterocycles. The van der Waals surface area contributed by atoms with E-state index in [1.54, 1.807) is 12.1 Å². The normalized spacial score (nSPS) is 21.4. The van der Waals surface area contributed by atoms with E-state index in [0.717, 1.165) is 30.5 Å². The number of ether oxygens (including phenoxy) is 1. The third kappa shape index (κ3) is 5.23. The van der Waals surface area contributed by atoms with E-state index >= 15 is 0 Å². The predicted octanol–water partition coefficient (Wildman–Crippen LogP) is 5.73. The Labute approximate surface area is 177 Å². The quantitative estimate of drug-likeness (QED) is 0.606. The molecule has 0 bridgehead atoms. The second kappa shape index (κ2) is 9.08. The van der Waals surface area contributed by atoms with Gasteiger partial charge < -0.3 is 10.1 Å². The molecule has 0 aliphatic carbocycles. The van der Waals surface area contributed by atoms with Gasteiger partial charge in [-0.15, -0.1) is 0 Å². The Balaban J connectivity index is 1.96. The summed E-state index contributed by atoms with van der Waals surface area (Å²) in [7, 11) is 1.45. The Kier molecular flexibility index (Phi) is 6.90. The molecule has 30 heavy (non-hydrogen) atoms. The largest absolute Gasteiger partial charge is 0.416 e. The summed E-state index contributed by atoms with van der Waals surface area (Å²) in [5, 5.41) is 6.88. The molecular formula is C24H31F3N2O. The van der Waals surface area contributed by atoms with E-state index < -0.39 is 18.0 Å². The third-order valence-corrected chi connectivity index (χ3v) is 5.72. The molecule has 3 atom stereocenters. The first-order valence-corrected chi connectivity index (χ1v) is 10.4. The van der Waals surface area contributed by atoms with Crippen molar-refractivity contribution in [3.05, 3.63) is 70.8 Å². The van der Waals surface area contributed by atoms with Gasteiger partial charge in [0.05, 0.1) is 5.56 Å². The Morgan fingerprint density at radius 3 is 2.37 bits per heavy atom. The van der Waals surface area contributed by atoms with Gasteiger partial charge >= 0.3 is 6.18 Å². The van der Waals surface area contributed by atoms with Gasteiger partial charge in [0, 0.05) is 24.8 Å². The molecule has 1 aliphatic rings. The second-order valence-electron chi connectivity index (χ2n) is 8.92. The van der Waals surface area contributed by atoms with Gasteiger partial charge in [0.1, 0.15) is 6.23 Å². The van der Waals surface area contributed by atoms with Crippen molar-refractivity contribution in [2.24, 2.45) is 0 Å². The van der Waals surface area contributed by atoms with E-state index in [1.165, 1.54) is 13.2 Å². The summed E-state index contributed by atoms with van der Waals surface area (Å²) in [6, 6.07) is 14.3. The predicted molar refractivity (Wildman–Crippen MR) is 113 cm³/mol. The number of hydrogen-bond acceptors (Lipinski definition) is 3. The summed E-state index contributed by atoms with van der Waals surface area (Å²) in [4.78, 5) is 0. The van der Waals surface area contributed by atoms with Gasteiger partial charge in [-0.05, 0) is 42.0 Å². The van der Waals surface area contributed by atoms with E-state index in [1.807, 2.05) is 51.1 Å². The molecular weight excluding hydrogens is 389 g/mol. The van der Waals surface area contributed by atoms with Gasteiger partial charge in [0.25, 0.3) is 0 Å². The van der Waals surface area contributed by atoms with Gasteiger partial charge in [0.2, 0.25) is 0 Å². The van der Waals surface area contributed by atoms with Crippen molar-refractivity contribution in [2.45, 2.75) is 63.5 Å². The second-order valence-corrected chi connectivity index (χ2v) is 8.92. The average molecular weight is 421 g/mol. The maximum atomic E-state index is 13.8. The van der Waals surface area contributed by atoms with Gasteiger partial charge in [0.15, 0.2) is 0 Å². The molecule has 164 valence electrons. The minimum absolute atomic E-state index is 0.0118. The smallest absolute Gasteiger partial charge is 0.362 e. The summed E-state index contributed by atoms with van der Waals surface area (Å²) < 4.78 is 47.0. The van der Waals surface area contributed by atoms with Crippen LogP contribution in [0.3, 0.4) is 0 Å². The van der Waals surface area contributed by atoms with Crippen LogP contribution in [0.5, 0.6) is 0 Å². The highest BCUT2D eigenvalue weighted by molar-refractivity contribution is 5.38. The first-order chi connectivity index (χ1) is 14.1. The van der Waals surface area contributed by atoms with E-state index in [9.17, 15) is 13.2 Å². The molecule has 1 unspecified atom stereocenters. The minimum atomic E-state index is -4.45. The molecule has 2 N–H and O–H groups in total. The molecule has 3 nitrogen and oxygen atoms in total. The molecule has 3 rings (SSSR count). The molecule has 0 saturated carbocycles. The molecule has 1 aliphatic heterocycles. The van der Waals surface area contributed by atoms with Crippen molar-refractivity contribution in [3.8, 4) is 0 Å². The van der Waals surface area contributed by atoms with Crippen molar-refractivity contribution >= 4 is 0 Å². The van der Waals surface area contributed by atoms with Crippen LogP contribution in [0.2, 0.25) is 0 Å². The highest BCUT2D eigenvalue weighted by Gasteiger charge is 2.37. The van der Waals surface area contributed by atoms with Crippen molar-refractivity contribution in [1.82, 2.24) is 10.6 Å². The highest BCUT2D eigenvalue weighted by atomic mass is 19.4. The van der Waals surface area contributed by atoms with Crippen LogP contribution in [0, 0.1) is 0 Å². The van der Waals surface area contributed by atoms with Crippen LogP contribution in [0.4, 0.5) is 13.2 Å². The number of halogens is 3. The maximum absolute atomic E-state index is 13.8. The lowest BCUT2D eigenvalue weighted by atomic mass is 9.84. The van der Waals surface area contributed by atoms with Gasteiger partial charge in [-0.3, -0.25) is 5.32 Å². The number of alkyl halides is 3. The van der Waals surface area contributed by atoms with Gasteiger partial charge in [-0.1, -0.05) is 63.2 Å². The lowest BCUT2D eigenvalue weighted by Gasteiger charge is -2.37. The van der Waals surface area contributed by atoms with E-state index in [0.29, 0.717) is 0 Å². The zero-order valence-corrected chi connectivity index (χ0v) is 18.0. The number of rotatable bonds is 5. The molecule has 2 aromatic carbocycles. The Hall–Kier alpha value is -1.89. The van der Waals surface area contributed by atoms with Crippen LogP contribution in [0.15, 0.2) is 48.5 Å². The van der Waals surface area contributed by atoms with Crippen molar-refractivity contribution in [2.75, 3.05) is 13.7 Å². The third-order valence-electron chi connectivity index (χ3n) is 5.72. The molecule has 1 fully saturated rings. The average Bonchev–Trinajstić information content (AvgIpc) is 2.71. The highest BCUT2D eigenvalue weighted by Crippen LogP contribution is 2.38. The standard InChI is InChI=1S/C24H31F3N2O/c1-23(2,3)17-12-13-19(24(25,26)27)18(15-17)22(30-4)29-20-11-8-14-28-21(20)16-9-6-5-7-10-16/h5-7,9-10,12-13,15,20-22,28-29H,8,11,14H2,1-4H3/t20-,21-,22?/m0/s1. The first kappa shape index (κ1) is 22.8. The van der Waals surface area contributed by atoms with E-state index in [4.69, 9.17) is 4.74 Å². The van der Waals surface area contributed by atoms with Gasteiger partial charge in [-0.25, -0.2) is 0 Å². The molecule has 2 aromatic rings. The van der Waals surface area contributed by atoms with Crippen LogP contribution in [0.25, 0.3) is 0 Å². The topological polar surface area (TPSA) is 33.3 Å². The fourth-order valence-corrected chi connectivity index (χ4v) is 4.06. The first-order valence-electron chi connectivity index (χ1n) is 10.4. The lowest BCUT2D eigenvalue weighted by molar-refractivity contribution is -0.139. The molecule has 0 radical (unpaired) electrons. The van der Waals surface area contributed by atoms with Crippen LogP contribution < -0.4 is 10.6 Å². The number of hydrogen-bond donors (Lipinski definition) is 2. The summed E-state index contributed by atoms with van der Waals surface area (Å²) in [5.41, 5.74) is 1.17. The SMILES string of the molecule is COC(N[C@H]1CCCN[C@H]1c1ccccc1)c1cc(C(C)(C)C)ccc1C(F)(F)F. The number of nitrogens with one attached hydrogen (secondary N) is 2. The fourth-order valence-electron chi connectivity index (χ4n) is 4.06. The zero-order valence-electron chi connectivity index (χ0n) is 18.0. The van der Waals surface area contributed by atoms with Crippen LogP contribution in [-0.2, 0) is 16.3 Å².